The number of carbonyl (C=O) groups excluding carboxylic acids is 2. The second-order valence-corrected chi connectivity index (χ2v) is 8.05. The Kier molecular flexibility index (Phi) is 7.86. The molecule has 0 bridgehead atoms. The molecule has 0 saturated heterocycles. The SMILES string of the molecule is COc1ccc(CN(C(=O)c2ccccc2)c2ccc(CC(=O)NCc3ccccn3)cc2)cc1. The number of ether oxygens (including phenoxy) is 1. The molecule has 3 aromatic carbocycles. The molecular formula is C29H27N3O3. The van der Waals surface area contributed by atoms with Gasteiger partial charge >= 0.3 is 0 Å². The van der Waals surface area contributed by atoms with Crippen molar-refractivity contribution in [1.82, 2.24) is 10.3 Å². The third-order valence-electron chi connectivity index (χ3n) is 5.57. The van der Waals surface area contributed by atoms with Gasteiger partial charge in [-0.15, -0.1) is 0 Å². The summed E-state index contributed by atoms with van der Waals surface area (Å²) in [6, 6.07) is 30.0. The molecule has 6 nitrogen and oxygen atoms in total. The molecule has 0 spiro atoms. The summed E-state index contributed by atoms with van der Waals surface area (Å²) in [4.78, 5) is 31.7. The number of methoxy groups -OCH3 is 1. The number of nitrogens with zero attached hydrogens (tertiary/aromatic N) is 2. The van der Waals surface area contributed by atoms with E-state index in [1.165, 1.54) is 0 Å². The molecule has 0 fully saturated rings. The Balaban J connectivity index is 1.48. The third-order valence-corrected chi connectivity index (χ3v) is 5.57. The lowest BCUT2D eigenvalue weighted by atomic mass is 10.1. The van der Waals surface area contributed by atoms with E-state index in [1.807, 2.05) is 97.1 Å². The van der Waals surface area contributed by atoms with E-state index in [2.05, 4.69) is 10.3 Å². The van der Waals surface area contributed by atoms with Gasteiger partial charge in [0.05, 0.1) is 32.3 Å². The predicted molar refractivity (Wildman–Crippen MR) is 136 cm³/mol. The average molecular weight is 466 g/mol. The lowest BCUT2D eigenvalue weighted by Gasteiger charge is -2.23. The minimum Gasteiger partial charge on any atom is -0.497 e. The minimum absolute atomic E-state index is 0.0844. The molecule has 0 aliphatic carbocycles. The van der Waals surface area contributed by atoms with Crippen molar-refractivity contribution in [3.05, 3.63) is 126 Å². The quantitative estimate of drug-likeness (QED) is 0.386. The molecular weight excluding hydrogens is 438 g/mol. The van der Waals surface area contributed by atoms with Gasteiger partial charge in [-0.1, -0.05) is 48.5 Å². The number of benzene rings is 3. The Morgan fingerprint density at radius 3 is 2.17 bits per heavy atom. The van der Waals surface area contributed by atoms with Gasteiger partial charge in [-0.25, -0.2) is 0 Å². The molecule has 4 aromatic rings. The van der Waals surface area contributed by atoms with Gasteiger partial charge in [0.2, 0.25) is 5.91 Å². The standard InChI is InChI=1S/C29H27N3O3/c1-35-27-16-12-23(13-17-27)21-32(29(34)24-7-3-2-4-8-24)26-14-10-22(11-15-26)19-28(33)31-20-25-9-5-6-18-30-25/h2-18H,19-21H2,1H3,(H,31,33). The number of pyridine rings is 1. The second kappa shape index (κ2) is 11.6. The second-order valence-electron chi connectivity index (χ2n) is 8.05. The van der Waals surface area contributed by atoms with Crippen LogP contribution in [0.5, 0.6) is 5.75 Å². The molecule has 0 aliphatic rings. The highest BCUT2D eigenvalue weighted by Crippen LogP contribution is 2.22. The van der Waals surface area contributed by atoms with Crippen molar-refractivity contribution in [2.75, 3.05) is 12.0 Å². The smallest absolute Gasteiger partial charge is 0.258 e. The van der Waals surface area contributed by atoms with Gasteiger partial charge in [0.25, 0.3) is 5.91 Å². The third kappa shape index (κ3) is 6.54. The van der Waals surface area contributed by atoms with Crippen molar-refractivity contribution in [2.24, 2.45) is 0 Å². The van der Waals surface area contributed by atoms with Gasteiger partial charge in [-0.3, -0.25) is 14.6 Å². The van der Waals surface area contributed by atoms with Gasteiger partial charge in [-0.05, 0) is 59.7 Å². The molecule has 2 amide bonds. The zero-order valence-corrected chi connectivity index (χ0v) is 19.6. The van der Waals surface area contributed by atoms with E-state index >= 15 is 0 Å². The van der Waals surface area contributed by atoms with Crippen LogP contribution >= 0.6 is 0 Å². The molecule has 0 saturated carbocycles. The highest BCUT2D eigenvalue weighted by atomic mass is 16.5. The Morgan fingerprint density at radius 2 is 1.51 bits per heavy atom. The Bertz CT molecular complexity index is 1240. The van der Waals surface area contributed by atoms with Crippen LogP contribution in [0.3, 0.4) is 0 Å². The summed E-state index contributed by atoms with van der Waals surface area (Å²) in [5.41, 5.74) is 4.02. The van der Waals surface area contributed by atoms with E-state index in [0.717, 1.165) is 28.3 Å². The highest BCUT2D eigenvalue weighted by molar-refractivity contribution is 6.06. The Labute approximate surface area is 205 Å². The van der Waals surface area contributed by atoms with E-state index in [9.17, 15) is 9.59 Å². The van der Waals surface area contributed by atoms with Gasteiger partial charge in [0.1, 0.15) is 5.75 Å². The van der Waals surface area contributed by atoms with Gasteiger partial charge in [-0.2, -0.15) is 0 Å². The van der Waals surface area contributed by atoms with Crippen molar-refractivity contribution in [3.8, 4) is 5.75 Å². The van der Waals surface area contributed by atoms with Crippen LogP contribution in [0, 0.1) is 0 Å². The highest BCUT2D eigenvalue weighted by Gasteiger charge is 2.18. The first kappa shape index (κ1) is 23.7. The monoisotopic (exact) mass is 465 g/mol. The zero-order chi connectivity index (χ0) is 24.5. The first-order valence-corrected chi connectivity index (χ1v) is 11.4. The van der Waals surface area contributed by atoms with Crippen LogP contribution in [0.1, 0.15) is 27.2 Å². The number of anilines is 1. The van der Waals surface area contributed by atoms with Crippen molar-refractivity contribution in [1.29, 1.82) is 0 Å². The van der Waals surface area contributed by atoms with Crippen molar-refractivity contribution in [2.45, 2.75) is 19.5 Å². The molecule has 0 aliphatic heterocycles. The lowest BCUT2D eigenvalue weighted by Crippen LogP contribution is -2.30. The van der Waals surface area contributed by atoms with Crippen molar-refractivity contribution >= 4 is 17.5 Å². The summed E-state index contributed by atoms with van der Waals surface area (Å²) in [6.07, 6.45) is 1.95. The van der Waals surface area contributed by atoms with Crippen LogP contribution in [-0.4, -0.2) is 23.9 Å². The number of nitrogens with one attached hydrogen (secondary N) is 1. The Morgan fingerprint density at radius 1 is 0.829 bits per heavy atom. The van der Waals surface area contributed by atoms with E-state index < -0.39 is 0 Å². The molecule has 6 heteroatoms. The fraction of sp³-hybridized carbons (Fsp3) is 0.138. The zero-order valence-electron chi connectivity index (χ0n) is 19.6. The maximum atomic E-state index is 13.4. The van der Waals surface area contributed by atoms with Gasteiger partial charge in [0.15, 0.2) is 0 Å². The summed E-state index contributed by atoms with van der Waals surface area (Å²) < 4.78 is 5.25. The summed E-state index contributed by atoms with van der Waals surface area (Å²) >= 11 is 0. The summed E-state index contributed by atoms with van der Waals surface area (Å²) in [7, 11) is 1.63. The van der Waals surface area contributed by atoms with Crippen molar-refractivity contribution < 1.29 is 14.3 Å². The van der Waals surface area contributed by atoms with Crippen LogP contribution in [0.15, 0.2) is 103 Å². The molecule has 0 unspecified atom stereocenters. The van der Waals surface area contributed by atoms with Crippen LogP contribution in [-0.2, 0) is 24.3 Å². The number of amides is 2. The summed E-state index contributed by atoms with van der Waals surface area (Å²) in [5, 5.41) is 2.89. The maximum absolute atomic E-state index is 13.4. The predicted octanol–water partition coefficient (Wildman–Crippen LogP) is 4.80. The first-order valence-electron chi connectivity index (χ1n) is 11.4. The van der Waals surface area contributed by atoms with E-state index in [-0.39, 0.29) is 18.2 Å². The van der Waals surface area contributed by atoms with Crippen LogP contribution in [0.2, 0.25) is 0 Å². The molecule has 0 radical (unpaired) electrons. The van der Waals surface area contributed by atoms with Crippen LogP contribution < -0.4 is 15.0 Å². The van der Waals surface area contributed by atoms with Gasteiger partial charge in [0, 0.05) is 17.4 Å². The van der Waals surface area contributed by atoms with Crippen molar-refractivity contribution in [3.63, 3.8) is 0 Å². The summed E-state index contributed by atoms with van der Waals surface area (Å²) in [6.45, 7) is 0.792. The molecule has 1 heterocycles. The average Bonchev–Trinajstić information content (AvgIpc) is 2.92. The number of carbonyl (C=O) groups is 2. The molecule has 4 rings (SSSR count). The molecule has 176 valence electrons. The van der Waals surface area contributed by atoms with E-state index in [4.69, 9.17) is 4.74 Å². The number of hydrogen-bond donors (Lipinski definition) is 1. The molecule has 35 heavy (non-hydrogen) atoms. The molecule has 0 atom stereocenters. The maximum Gasteiger partial charge on any atom is 0.258 e. The lowest BCUT2D eigenvalue weighted by molar-refractivity contribution is -0.120. The van der Waals surface area contributed by atoms with Gasteiger partial charge < -0.3 is 15.0 Å². The number of rotatable bonds is 9. The van der Waals surface area contributed by atoms with E-state index in [1.54, 1.807) is 18.2 Å². The van der Waals surface area contributed by atoms with Crippen LogP contribution in [0.25, 0.3) is 0 Å². The first-order chi connectivity index (χ1) is 17.1. The molecule has 1 aromatic heterocycles. The normalized spacial score (nSPS) is 10.4. The fourth-order valence-electron chi connectivity index (χ4n) is 3.66. The minimum atomic E-state index is -0.0951. The number of aromatic nitrogens is 1. The molecule has 1 N–H and O–H groups in total. The summed E-state index contributed by atoms with van der Waals surface area (Å²) in [5.74, 6) is 0.585. The van der Waals surface area contributed by atoms with Crippen LogP contribution in [0.4, 0.5) is 5.69 Å². The topological polar surface area (TPSA) is 71.5 Å². The Hall–Kier alpha value is -4.45. The number of hydrogen-bond acceptors (Lipinski definition) is 4. The van der Waals surface area contributed by atoms with E-state index in [0.29, 0.717) is 18.7 Å². The fourth-order valence-corrected chi connectivity index (χ4v) is 3.66. The largest absolute Gasteiger partial charge is 0.497 e.